The van der Waals surface area contributed by atoms with Crippen LogP contribution in [0.5, 0.6) is 5.75 Å². The second-order valence-electron chi connectivity index (χ2n) is 7.49. The van der Waals surface area contributed by atoms with E-state index in [0.29, 0.717) is 23.5 Å². The molecule has 1 N–H and O–H groups in total. The summed E-state index contributed by atoms with van der Waals surface area (Å²) in [5.74, 6) is 0.179. The molecule has 4 aromatic carbocycles. The Kier molecular flexibility index (Phi) is 6.33. The third-order valence-corrected chi connectivity index (χ3v) is 7.30. The quantitative estimate of drug-likeness (QED) is 0.437. The largest absolute Gasteiger partial charge is 0.495 e. The summed E-state index contributed by atoms with van der Waals surface area (Å²) in [6.07, 6.45) is 0. The van der Waals surface area contributed by atoms with Crippen molar-refractivity contribution in [2.45, 2.75) is 11.4 Å². The zero-order chi connectivity index (χ0) is 23.4. The minimum absolute atomic E-state index is 0.0847. The van der Waals surface area contributed by atoms with Crippen LogP contribution >= 0.6 is 0 Å². The molecule has 0 unspecified atom stereocenters. The van der Waals surface area contributed by atoms with E-state index in [0.717, 1.165) is 16.3 Å². The van der Waals surface area contributed by atoms with Crippen LogP contribution < -0.4 is 14.4 Å². The average Bonchev–Trinajstić information content (AvgIpc) is 2.86. The van der Waals surface area contributed by atoms with Crippen LogP contribution in [0.15, 0.2) is 95.9 Å². The fourth-order valence-electron chi connectivity index (χ4n) is 3.68. The van der Waals surface area contributed by atoms with Gasteiger partial charge in [0.05, 0.1) is 17.7 Å². The van der Waals surface area contributed by atoms with Gasteiger partial charge in [0.1, 0.15) is 5.75 Å². The zero-order valence-electron chi connectivity index (χ0n) is 18.4. The van der Waals surface area contributed by atoms with Crippen molar-refractivity contribution >= 4 is 32.4 Å². The lowest BCUT2D eigenvalue weighted by Gasteiger charge is -2.21. The van der Waals surface area contributed by atoms with Gasteiger partial charge in [-0.3, -0.25) is 9.10 Å². The maximum absolute atomic E-state index is 13.1. The van der Waals surface area contributed by atoms with Gasteiger partial charge in [0.15, 0.2) is 0 Å². The van der Waals surface area contributed by atoms with Crippen LogP contribution in [-0.2, 0) is 16.6 Å². The van der Waals surface area contributed by atoms with Gasteiger partial charge in [-0.05, 0) is 52.7 Å². The summed E-state index contributed by atoms with van der Waals surface area (Å²) in [7, 11) is -0.864. The first-order chi connectivity index (χ1) is 15.9. The lowest BCUT2D eigenvalue weighted by molar-refractivity contribution is 0.0951. The number of anilines is 1. The molecule has 33 heavy (non-hydrogen) atoms. The highest BCUT2D eigenvalue weighted by molar-refractivity contribution is 7.92. The van der Waals surface area contributed by atoms with Gasteiger partial charge >= 0.3 is 0 Å². The van der Waals surface area contributed by atoms with Gasteiger partial charge in [0, 0.05) is 19.2 Å². The van der Waals surface area contributed by atoms with Gasteiger partial charge in [0.25, 0.3) is 15.9 Å². The number of nitrogens with one attached hydrogen (secondary N) is 1. The number of hydrogen-bond acceptors (Lipinski definition) is 4. The molecule has 4 rings (SSSR count). The standard InChI is InChI=1S/C26H24N2O4S/c1-28(24-12-5-6-13-25(24)32-2)33(30,31)22-16-14-20(15-17-22)26(29)27-18-21-10-7-9-19-8-3-4-11-23(19)21/h3-17H,18H2,1-2H3,(H,27,29). The molecule has 0 aliphatic heterocycles. The molecule has 0 fully saturated rings. The van der Waals surface area contributed by atoms with Crippen LogP contribution in [-0.4, -0.2) is 28.5 Å². The molecule has 0 spiro atoms. The first-order valence-electron chi connectivity index (χ1n) is 10.4. The number of carbonyl (C=O) groups excluding carboxylic acids is 1. The molecule has 4 aromatic rings. The zero-order valence-corrected chi connectivity index (χ0v) is 19.2. The van der Waals surface area contributed by atoms with Gasteiger partial charge in [-0.2, -0.15) is 0 Å². The third-order valence-electron chi connectivity index (χ3n) is 5.52. The fraction of sp³-hybridized carbons (Fsp3) is 0.115. The minimum atomic E-state index is -3.83. The molecule has 0 bridgehead atoms. The Hall–Kier alpha value is -3.84. The van der Waals surface area contributed by atoms with Gasteiger partial charge in [-0.1, -0.05) is 54.6 Å². The van der Waals surface area contributed by atoms with Crippen molar-refractivity contribution in [2.24, 2.45) is 0 Å². The van der Waals surface area contributed by atoms with Crippen molar-refractivity contribution in [3.63, 3.8) is 0 Å². The van der Waals surface area contributed by atoms with E-state index < -0.39 is 10.0 Å². The Morgan fingerprint density at radius 2 is 1.55 bits per heavy atom. The molecule has 0 heterocycles. The predicted molar refractivity (Wildman–Crippen MR) is 130 cm³/mol. The Bertz CT molecular complexity index is 1390. The van der Waals surface area contributed by atoms with Crippen molar-refractivity contribution < 1.29 is 17.9 Å². The first-order valence-corrected chi connectivity index (χ1v) is 11.8. The normalized spacial score (nSPS) is 11.2. The fourth-order valence-corrected chi connectivity index (χ4v) is 4.89. The van der Waals surface area contributed by atoms with Crippen LogP contribution in [0.4, 0.5) is 5.69 Å². The van der Waals surface area contributed by atoms with Crippen molar-refractivity contribution in [3.8, 4) is 5.75 Å². The Balaban J connectivity index is 1.50. The summed E-state index contributed by atoms with van der Waals surface area (Å²) in [5.41, 5.74) is 1.82. The van der Waals surface area contributed by atoms with E-state index in [1.165, 1.54) is 42.7 Å². The average molecular weight is 461 g/mol. The molecule has 7 heteroatoms. The molecule has 0 saturated carbocycles. The molecule has 1 amide bonds. The highest BCUT2D eigenvalue weighted by Gasteiger charge is 2.24. The number of para-hydroxylation sites is 2. The molecule has 168 valence electrons. The maximum Gasteiger partial charge on any atom is 0.264 e. The summed E-state index contributed by atoms with van der Waals surface area (Å²) in [4.78, 5) is 12.8. The third kappa shape index (κ3) is 4.54. The van der Waals surface area contributed by atoms with E-state index in [-0.39, 0.29) is 10.8 Å². The van der Waals surface area contributed by atoms with Crippen LogP contribution in [0.3, 0.4) is 0 Å². The van der Waals surface area contributed by atoms with Crippen LogP contribution in [0.1, 0.15) is 15.9 Å². The summed E-state index contributed by atoms with van der Waals surface area (Å²) >= 11 is 0. The SMILES string of the molecule is COc1ccccc1N(C)S(=O)(=O)c1ccc(C(=O)NCc2cccc3ccccc23)cc1. The first kappa shape index (κ1) is 22.4. The molecule has 0 aromatic heterocycles. The molecule has 0 radical (unpaired) electrons. The predicted octanol–water partition coefficient (Wildman–Crippen LogP) is 4.60. The van der Waals surface area contributed by atoms with E-state index in [2.05, 4.69) is 5.32 Å². The number of nitrogens with zero attached hydrogens (tertiary/aromatic N) is 1. The number of hydrogen-bond donors (Lipinski definition) is 1. The summed E-state index contributed by atoms with van der Waals surface area (Å²) < 4.78 is 32.6. The topological polar surface area (TPSA) is 75.7 Å². The van der Waals surface area contributed by atoms with E-state index in [9.17, 15) is 13.2 Å². The van der Waals surface area contributed by atoms with Gasteiger partial charge in [-0.25, -0.2) is 8.42 Å². The van der Waals surface area contributed by atoms with Crippen molar-refractivity contribution in [2.75, 3.05) is 18.5 Å². The van der Waals surface area contributed by atoms with Crippen LogP contribution in [0.25, 0.3) is 10.8 Å². The Morgan fingerprint density at radius 1 is 0.879 bits per heavy atom. The van der Waals surface area contributed by atoms with E-state index >= 15 is 0 Å². The number of benzene rings is 4. The molecule has 0 saturated heterocycles. The molecule has 6 nitrogen and oxygen atoms in total. The van der Waals surface area contributed by atoms with Crippen LogP contribution in [0, 0.1) is 0 Å². The molecule has 0 aliphatic carbocycles. The number of sulfonamides is 1. The Labute approximate surface area is 193 Å². The molecular formula is C26H24N2O4S. The summed E-state index contributed by atoms with van der Waals surface area (Å²) in [6, 6.07) is 26.8. The lowest BCUT2D eigenvalue weighted by Crippen LogP contribution is -2.27. The number of carbonyl (C=O) groups is 1. The van der Waals surface area contributed by atoms with Gasteiger partial charge < -0.3 is 10.1 Å². The van der Waals surface area contributed by atoms with Crippen LogP contribution in [0.2, 0.25) is 0 Å². The molecule has 0 atom stereocenters. The highest BCUT2D eigenvalue weighted by atomic mass is 32.2. The lowest BCUT2D eigenvalue weighted by atomic mass is 10.0. The highest BCUT2D eigenvalue weighted by Crippen LogP contribution is 2.30. The number of methoxy groups -OCH3 is 1. The second kappa shape index (κ2) is 9.34. The summed E-state index contributed by atoms with van der Waals surface area (Å²) in [6.45, 7) is 0.372. The van der Waals surface area contributed by atoms with E-state index in [1.54, 1.807) is 24.3 Å². The number of amides is 1. The summed E-state index contributed by atoms with van der Waals surface area (Å²) in [5, 5.41) is 5.11. The number of fused-ring (bicyclic) bond motifs is 1. The van der Waals surface area contributed by atoms with E-state index in [1.807, 2.05) is 42.5 Å². The van der Waals surface area contributed by atoms with Gasteiger partial charge in [0.2, 0.25) is 0 Å². The Morgan fingerprint density at radius 3 is 2.30 bits per heavy atom. The molecular weight excluding hydrogens is 436 g/mol. The van der Waals surface area contributed by atoms with Crippen molar-refractivity contribution in [1.29, 1.82) is 0 Å². The maximum atomic E-state index is 13.1. The second-order valence-corrected chi connectivity index (χ2v) is 9.46. The van der Waals surface area contributed by atoms with Crippen molar-refractivity contribution in [1.82, 2.24) is 5.32 Å². The number of rotatable bonds is 7. The van der Waals surface area contributed by atoms with E-state index in [4.69, 9.17) is 4.74 Å². The number of ether oxygens (including phenoxy) is 1. The van der Waals surface area contributed by atoms with Gasteiger partial charge in [-0.15, -0.1) is 0 Å². The minimum Gasteiger partial charge on any atom is -0.495 e. The monoisotopic (exact) mass is 460 g/mol. The smallest absolute Gasteiger partial charge is 0.264 e. The van der Waals surface area contributed by atoms with Crippen molar-refractivity contribution in [3.05, 3.63) is 102 Å². The molecule has 0 aliphatic rings.